The van der Waals surface area contributed by atoms with E-state index >= 15 is 0 Å². The number of esters is 1. The minimum absolute atomic E-state index is 0.0275. The smallest absolute Gasteiger partial charge is 0.357 e. The average Bonchev–Trinajstić information content (AvgIpc) is 3.53. The number of aromatic nitrogens is 4. The van der Waals surface area contributed by atoms with E-state index in [1.807, 2.05) is 30.3 Å². The van der Waals surface area contributed by atoms with Gasteiger partial charge in [0.1, 0.15) is 5.76 Å². The summed E-state index contributed by atoms with van der Waals surface area (Å²) < 4.78 is 36.8. The van der Waals surface area contributed by atoms with Crippen molar-refractivity contribution < 1.29 is 22.4 Å². The molecule has 0 radical (unpaired) electrons. The topological polar surface area (TPSA) is 117 Å². The third-order valence-corrected chi connectivity index (χ3v) is 6.47. The Morgan fingerprint density at radius 2 is 1.73 bits per heavy atom. The molecule has 9 nitrogen and oxygen atoms in total. The first-order valence-corrected chi connectivity index (χ1v) is 11.7. The number of rotatable bonds is 9. The van der Waals surface area contributed by atoms with E-state index in [2.05, 4.69) is 15.5 Å². The highest BCUT2D eigenvalue weighted by atomic mass is 32.2. The van der Waals surface area contributed by atoms with Crippen molar-refractivity contribution in [2.75, 3.05) is 12.4 Å². The van der Waals surface area contributed by atoms with Gasteiger partial charge in [-0.2, -0.15) is 4.68 Å². The maximum atomic E-state index is 12.9. The van der Waals surface area contributed by atoms with Gasteiger partial charge in [0.25, 0.3) is 0 Å². The average molecular weight is 465 g/mol. The summed E-state index contributed by atoms with van der Waals surface area (Å²) in [5.74, 6) is -0.116. The zero-order valence-electron chi connectivity index (χ0n) is 17.4. The molecule has 4 aromatic rings. The lowest BCUT2D eigenvalue weighted by molar-refractivity contribution is -0.137. The third kappa shape index (κ3) is 5.42. The Hall–Kier alpha value is -4.05. The minimum atomic E-state index is -3.46. The number of tetrazole rings is 1. The van der Waals surface area contributed by atoms with Crippen LogP contribution in [0.5, 0.6) is 0 Å². The molecule has 0 aliphatic rings. The molecule has 0 saturated carbocycles. The van der Waals surface area contributed by atoms with E-state index in [0.717, 1.165) is 0 Å². The first-order valence-electron chi connectivity index (χ1n) is 10.1. The van der Waals surface area contributed by atoms with E-state index in [4.69, 9.17) is 9.15 Å². The Morgan fingerprint density at radius 3 is 2.42 bits per heavy atom. The van der Waals surface area contributed by atoms with Crippen LogP contribution in [-0.2, 0) is 19.4 Å². The van der Waals surface area contributed by atoms with Gasteiger partial charge in [-0.1, -0.05) is 48.5 Å². The molecule has 33 heavy (non-hydrogen) atoms. The molecule has 0 fully saturated rings. The van der Waals surface area contributed by atoms with Crippen LogP contribution in [0.3, 0.4) is 0 Å². The summed E-state index contributed by atoms with van der Waals surface area (Å²) in [5, 5.41) is 11.7. The number of furan rings is 1. The first kappa shape index (κ1) is 22.2. The Bertz CT molecular complexity index is 1330. The van der Waals surface area contributed by atoms with Crippen LogP contribution in [0.4, 0.5) is 0 Å². The summed E-state index contributed by atoms with van der Waals surface area (Å²) in [6.07, 6.45) is 3.07. The molecule has 10 heteroatoms. The molecule has 4 rings (SSSR count). The number of hydrogen-bond acceptors (Lipinski definition) is 8. The van der Waals surface area contributed by atoms with Crippen LogP contribution in [0.25, 0.3) is 23.2 Å². The van der Waals surface area contributed by atoms with E-state index in [1.165, 1.54) is 29.2 Å². The van der Waals surface area contributed by atoms with Gasteiger partial charge in [0.15, 0.2) is 21.4 Å². The minimum Gasteiger partial charge on any atom is -0.465 e. The monoisotopic (exact) mass is 464 g/mol. The number of carbonyl (C=O) groups is 1. The van der Waals surface area contributed by atoms with Crippen LogP contribution in [0.2, 0.25) is 0 Å². The van der Waals surface area contributed by atoms with Crippen molar-refractivity contribution in [2.45, 2.75) is 11.3 Å². The maximum Gasteiger partial charge on any atom is 0.357 e. The van der Waals surface area contributed by atoms with Crippen molar-refractivity contribution in [3.63, 3.8) is 0 Å². The number of hydrogen-bond donors (Lipinski definition) is 0. The van der Waals surface area contributed by atoms with Crippen LogP contribution >= 0.6 is 0 Å². The van der Waals surface area contributed by atoms with Gasteiger partial charge in [-0.05, 0) is 41.1 Å². The SMILES string of the molecule is O=C(OCCCS(=O)(=O)c1ccccc1)C(=Cc1ccco1)n1nnnc1-c1ccccc1. The van der Waals surface area contributed by atoms with E-state index in [1.54, 1.807) is 30.3 Å². The fourth-order valence-corrected chi connectivity index (χ4v) is 4.37. The maximum absolute atomic E-state index is 12.9. The van der Waals surface area contributed by atoms with E-state index < -0.39 is 15.8 Å². The molecule has 0 unspecified atom stereocenters. The zero-order chi connectivity index (χ0) is 23.1. The first-order chi connectivity index (χ1) is 16.0. The molecule has 0 bridgehead atoms. The largest absolute Gasteiger partial charge is 0.465 e. The Morgan fingerprint density at radius 1 is 1.00 bits per heavy atom. The number of carbonyl (C=O) groups excluding carboxylic acids is 1. The molecular formula is C23H20N4O5S. The summed E-state index contributed by atoms with van der Waals surface area (Å²) in [4.78, 5) is 13.2. The van der Waals surface area contributed by atoms with Crippen molar-refractivity contribution in [1.82, 2.24) is 20.2 Å². The highest BCUT2D eigenvalue weighted by Crippen LogP contribution is 2.21. The summed E-state index contributed by atoms with van der Waals surface area (Å²) >= 11 is 0. The second-order valence-corrected chi connectivity index (χ2v) is 9.06. The van der Waals surface area contributed by atoms with Crippen molar-refractivity contribution in [2.24, 2.45) is 0 Å². The molecule has 0 N–H and O–H groups in total. The van der Waals surface area contributed by atoms with Gasteiger partial charge in [-0.25, -0.2) is 13.2 Å². The molecule has 0 amide bonds. The molecule has 168 valence electrons. The fourth-order valence-electron chi connectivity index (χ4n) is 3.06. The second kappa shape index (κ2) is 10.0. The third-order valence-electron chi connectivity index (χ3n) is 4.65. The summed E-state index contributed by atoms with van der Waals surface area (Å²) in [6.45, 7) is -0.0941. The van der Waals surface area contributed by atoms with Gasteiger partial charge in [-0.3, -0.25) is 0 Å². The van der Waals surface area contributed by atoms with Crippen molar-refractivity contribution in [3.05, 3.63) is 84.8 Å². The normalized spacial score (nSPS) is 11.9. The number of benzene rings is 2. The van der Waals surface area contributed by atoms with Gasteiger partial charge < -0.3 is 9.15 Å². The van der Waals surface area contributed by atoms with E-state index in [9.17, 15) is 13.2 Å². The standard InChI is InChI=1S/C23H20N4O5S/c28-23(32-15-8-16-33(29,30)20-12-5-2-6-13-20)21(17-19-11-7-14-31-19)27-22(24-25-26-27)18-9-3-1-4-10-18/h1-7,9-14,17H,8,15-16H2. The molecule has 0 aliphatic carbocycles. The molecule has 0 spiro atoms. The Balaban J connectivity index is 1.50. The Kier molecular flexibility index (Phi) is 6.75. The molecule has 2 heterocycles. The summed E-state index contributed by atoms with van der Waals surface area (Å²) in [7, 11) is -3.46. The van der Waals surface area contributed by atoms with Crippen LogP contribution in [-0.4, -0.2) is 47.0 Å². The molecule has 0 aliphatic heterocycles. The molecule has 0 atom stereocenters. The van der Waals surface area contributed by atoms with Gasteiger partial charge in [0.2, 0.25) is 0 Å². The van der Waals surface area contributed by atoms with Gasteiger partial charge in [0.05, 0.1) is 23.5 Å². The zero-order valence-corrected chi connectivity index (χ0v) is 18.3. The highest BCUT2D eigenvalue weighted by molar-refractivity contribution is 7.91. The van der Waals surface area contributed by atoms with E-state index in [-0.39, 0.29) is 29.4 Å². The highest BCUT2D eigenvalue weighted by Gasteiger charge is 2.21. The lowest BCUT2D eigenvalue weighted by Gasteiger charge is -2.10. The Labute approximate surface area is 190 Å². The molecule has 2 aromatic heterocycles. The van der Waals surface area contributed by atoms with E-state index in [0.29, 0.717) is 17.1 Å². The second-order valence-electron chi connectivity index (χ2n) is 6.95. The number of ether oxygens (including phenoxy) is 1. The van der Waals surface area contributed by atoms with Crippen LogP contribution in [0, 0.1) is 0 Å². The number of sulfone groups is 1. The van der Waals surface area contributed by atoms with Crippen molar-refractivity contribution in [1.29, 1.82) is 0 Å². The summed E-state index contributed by atoms with van der Waals surface area (Å²) in [6, 6.07) is 20.6. The quantitative estimate of drug-likeness (QED) is 0.210. The van der Waals surface area contributed by atoms with Gasteiger partial charge >= 0.3 is 5.97 Å². The molecule has 2 aromatic carbocycles. The number of nitrogens with zero attached hydrogens (tertiary/aromatic N) is 4. The van der Waals surface area contributed by atoms with Gasteiger partial charge in [-0.15, -0.1) is 5.10 Å². The summed E-state index contributed by atoms with van der Waals surface area (Å²) in [5.41, 5.74) is 0.731. The van der Waals surface area contributed by atoms with Crippen molar-refractivity contribution >= 4 is 27.6 Å². The van der Waals surface area contributed by atoms with Crippen LogP contribution in [0.15, 0.2) is 88.4 Å². The lowest BCUT2D eigenvalue weighted by Crippen LogP contribution is -2.17. The van der Waals surface area contributed by atoms with Gasteiger partial charge in [0, 0.05) is 11.6 Å². The lowest BCUT2D eigenvalue weighted by atomic mass is 10.2. The van der Waals surface area contributed by atoms with Crippen molar-refractivity contribution in [3.8, 4) is 11.4 Å². The fraction of sp³-hybridized carbons (Fsp3) is 0.130. The van der Waals surface area contributed by atoms with Crippen LogP contribution in [0.1, 0.15) is 12.2 Å². The molecule has 0 saturated heterocycles. The van der Waals surface area contributed by atoms with Crippen LogP contribution < -0.4 is 0 Å². The molecular weight excluding hydrogens is 444 g/mol. The predicted molar refractivity (Wildman–Crippen MR) is 120 cm³/mol. The predicted octanol–water partition coefficient (Wildman–Crippen LogP) is 3.34.